The minimum Gasteiger partial charge on any atom is -0.370 e. The summed E-state index contributed by atoms with van der Waals surface area (Å²) in [5.74, 6) is 1.50. The lowest BCUT2D eigenvalue weighted by molar-refractivity contribution is 0.345. The summed E-state index contributed by atoms with van der Waals surface area (Å²) in [6.07, 6.45) is 4.55. The van der Waals surface area contributed by atoms with Gasteiger partial charge in [-0.05, 0) is 18.9 Å². The average molecular weight is 346 g/mol. The van der Waals surface area contributed by atoms with E-state index >= 15 is 0 Å². The molecule has 22 heavy (non-hydrogen) atoms. The van der Waals surface area contributed by atoms with Gasteiger partial charge in [0.05, 0.1) is 5.69 Å². The number of H-pyrrole nitrogens is 1. The molecule has 6 N–H and O–H groups in total. The van der Waals surface area contributed by atoms with E-state index in [0.29, 0.717) is 17.9 Å². The van der Waals surface area contributed by atoms with E-state index in [1.54, 1.807) is 6.20 Å². The van der Waals surface area contributed by atoms with Gasteiger partial charge in [0.1, 0.15) is 5.82 Å². The Morgan fingerprint density at radius 3 is 2.68 bits per heavy atom. The summed E-state index contributed by atoms with van der Waals surface area (Å²) >= 11 is 0. The molecule has 0 aromatic carbocycles. The van der Waals surface area contributed by atoms with Crippen molar-refractivity contribution in [3.63, 3.8) is 0 Å². The second-order valence-corrected chi connectivity index (χ2v) is 5.22. The van der Waals surface area contributed by atoms with Crippen LogP contribution in [0.5, 0.6) is 0 Å². The van der Waals surface area contributed by atoms with Gasteiger partial charge in [0, 0.05) is 42.9 Å². The first-order valence-electron chi connectivity index (χ1n) is 6.83. The van der Waals surface area contributed by atoms with Crippen LogP contribution in [0.25, 0.3) is 0 Å². The Kier molecular flexibility index (Phi) is 6.86. The van der Waals surface area contributed by atoms with Crippen molar-refractivity contribution in [2.75, 3.05) is 17.6 Å². The summed E-state index contributed by atoms with van der Waals surface area (Å²) in [6.45, 7) is 0.766. The molecule has 9 heteroatoms. The van der Waals surface area contributed by atoms with E-state index in [1.165, 1.54) is 0 Å². The highest BCUT2D eigenvalue weighted by Crippen LogP contribution is 2.35. The lowest BCUT2D eigenvalue weighted by atomic mass is 9.78. The van der Waals surface area contributed by atoms with Gasteiger partial charge < -0.3 is 16.8 Å². The lowest BCUT2D eigenvalue weighted by Gasteiger charge is -2.32. The minimum atomic E-state index is 0. The molecule has 0 unspecified atom stereocenters. The van der Waals surface area contributed by atoms with Gasteiger partial charge in [-0.15, -0.1) is 24.8 Å². The number of hydrogen-bond acceptors (Lipinski definition) is 6. The number of nitrogens with zero attached hydrogens (tertiary/aromatic N) is 3. The van der Waals surface area contributed by atoms with E-state index in [1.807, 2.05) is 12.1 Å². The zero-order valence-electron chi connectivity index (χ0n) is 12.0. The molecule has 2 aromatic rings. The highest BCUT2D eigenvalue weighted by molar-refractivity contribution is 5.85. The third-order valence-electron chi connectivity index (χ3n) is 3.61. The zero-order valence-corrected chi connectivity index (χ0v) is 13.7. The molecular weight excluding hydrogens is 325 g/mol. The minimum absolute atomic E-state index is 0. The van der Waals surface area contributed by atoms with Gasteiger partial charge in [-0.2, -0.15) is 10.1 Å². The Hall–Kier alpha value is -1.57. The molecule has 0 radical (unpaired) electrons. The van der Waals surface area contributed by atoms with E-state index in [2.05, 4.69) is 25.5 Å². The standard InChI is InChI=1S/C13H19N7.2ClH/c14-9-5-8(6-9)11-7-12(19-13(15)18-11)16-3-1-10-2-4-17-20-10;;/h2,4,7-9H,1,3,5-6,14H2,(H,17,20)(H3,15,16,18,19);2*1H. The Morgan fingerprint density at radius 1 is 1.27 bits per heavy atom. The summed E-state index contributed by atoms with van der Waals surface area (Å²) in [6, 6.07) is 4.23. The maximum atomic E-state index is 5.82. The monoisotopic (exact) mass is 345 g/mol. The van der Waals surface area contributed by atoms with Crippen LogP contribution in [-0.4, -0.2) is 32.8 Å². The van der Waals surface area contributed by atoms with Crippen LogP contribution < -0.4 is 16.8 Å². The van der Waals surface area contributed by atoms with Crippen LogP contribution in [0, 0.1) is 0 Å². The number of nitrogens with one attached hydrogen (secondary N) is 2. The van der Waals surface area contributed by atoms with Crippen LogP contribution in [0.1, 0.15) is 30.1 Å². The normalized spacial score (nSPS) is 19.5. The molecule has 7 nitrogen and oxygen atoms in total. The van der Waals surface area contributed by atoms with Gasteiger partial charge in [-0.25, -0.2) is 4.98 Å². The highest BCUT2D eigenvalue weighted by atomic mass is 35.5. The first-order chi connectivity index (χ1) is 9.70. The van der Waals surface area contributed by atoms with Crippen LogP contribution in [0.2, 0.25) is 0 Å². The topological polar surface area (TPSA) is 119 Å². The molecule has 1 saturated carbocycles. The van der Waals surface area contributed by atoms with Crippen molar-refractivity contribution in [2.45, 2.75) is 31.2 Å². The fraction of sp³-hybridized carbons (Fsp3) is 0.462. The van der Waals surface area contributed by atoms with E-state index in [0.717, 1.165) is 43.0 Å². The fourth-order valence-corrected chi connectivity index (χ4v) is 2.44. The molecule has 122 valence electrons. The molecule has 0 amide bonds. The van der Waals surface area contributed by atoms with Crippen LogP contribution in [0.15, 0.2) is 18.3 Å². The summed E-state index contributed by atoms with van der Waals surface area (Å²) in [5, 5.41) is 10.1. The van der Waals surface area contributed by atoms with Gasteiger partial charge in [-0.1, -0.05) is 0 Å². The predicted octanol–water partition coefficient (Wildman–Crippen LogP) is 1.48. The highest BCUT2D eigenvalue weighted by Gasteiger charge is 2.29. The van der Waals surface area contributed by atoms with E-state index in [-0.39, 0.29) is 24.8 Å². The summed E-state index contributed by atoms with van der Waals surface area (Å²) in [4.78, 5) is 8.51. The van der Waals surface area contributed by atoms with Crippen molar-refractivity contribution in [3.8, 4) is 0 Å². The van der Waals surface area contributed by atoms with Crippen molar-refractivity contribution in [2.24, 2.45) is 5.73 Å². The molecule has 0 atom stereocenters. The third-order valence-corrected chi connectivity index (χ3v) is 3.61. The summed E-state index contributed by atoms with van der Waals surface area (Å²) in [5.41, 5.74) is 13.7. The molecule has 0 aliphatic heterocycles. The Balaban J connectivity index is 0.00000121. The molecule has 0 spiro atoms. The number of nitrogens with two attached hydrogens (primary N) is 2. The second kappa shape index (κ2) is 8.17. The van der Waals surface area contributed by atoms with Crippen LogP contribution >= 0.6 is 24.8 Å². The number of rotatable bonds is 5. The largest absolute Gasteiger partial charge is 0.370 e. The fourth-order valence-electron chi connectivity index (χ4n) is 2.44. The van der Waals surface area contributed by atoms with E-state index < -0.39 is 0 Å². The third kappa shape index (κ3) is 4.46. The smallest absolute Gasteiger partial charge is 0.222 e. The van der Waals surface area contributed by atoms with Crippen LogP contribution in [0.4, 0.5) is 11.8 Å². The van der Waals surface area contributed by atoms with Crippen molar-refractivity contribution < 1.29 is 0 Å². The second-order valence-electron chi connectivity index (χ2n) is 5.22. The maximum absolute atomic E-state index is 5.82. The van der Waals surface area contributed by atoms with Gasteiger partial charge in [0.2, 0.25) is 5.95 Å². The van der Waals surface area contributed by atoms with Gasteiger partial charge >= 0.3 is 0 Å². The summed E-state index contributed by atoms with van der Waals surface area (Å²) < 4.78 is 0. The first-order valence-corrected chi connectivity index (χ1v) is 6.83. The van der Waals surface area contributed by atoms with Crippen molar-refractivity contribution >= 4 is 36.6 Å². The molecule has 1 fully saturated rings. The number of aromatic amines is 1. The van der Waals surface area contributed by atoms with Gasteiger partial charge in [0.25, 0.3) is 0 Å². The van der Waals surface area contributed by atoms with Gasteiger partial charge in [0.15, 0.2) is 0 Å². The quantitative estimate of drug-likeness (QED) is 0.651. The van der Waals surface area contributed by atoms with Gasteiger partial charge in [-0.3, -0.25) is 5.10 Å². The molecule has 0 bridgehead atoms. The SMILES string of the molecule is Cl.Cl.Nc1nc(NCCc2ccn[nH]2)cc(C2CC(N)C2)n1. The number of halogens is 2. The first kappa shape index (κ1) is 18.5. The maximum Gasteiger partial charge on any atom is 0.222 e. The molecule has 0 saturated heterocycles. The zero-order chi connectivity index (χ0) is 13.9. The summed E-state index contributed by atoms with van der Waals surface area (Å²) in [7, 11) is 0. The lowest BCUT2D eigenvalue weighted by Crippen LogP contribution is -2.35. The van der Waals surface area contributed by atoms with Crippen LogP contribution in [0.3, 0.4) is 0 Å². The molecule has 3 rings (SSSR count). The Morgan fingerprint density at radius 2 is 2.05 bits per heavy atom. The molecule has 1 aliphatic rings. The van der Waals surface area contributed by atoms with Crippen molar-refractivity contribution in [3.05, 3.63) is 29.7 Å². The molecular formula is C13H21Cl2N7. The van der Waals surface area contributed by atoms with E-state index in [9.17, 15) is 0 Å². The van der Waals surface area contributed by atoms with Crippen LogP contribution in [-0.2, 0) is 6.42 Å². The number of anilines is 2. The molecule has 1 aliphatic carbocycles. The Labute approximate surface area is 141 Å². The molecule has 2 aromatic heterocycles. The van der Waals surface area contributed by atoms with Crippen molar-refractivity contribution in [1.29, 1.82) is 0 Å². The van der Waals surface area contributed by atoms with E-state index in [4.69, 9.17) is 11.5 Å². The number of nitrogen functional groups attached to an aromatic ring is 1. The average Bonchev–Trinajstić information content (AvgIpc) is 2.87. The molecule has 2 heterocycles. The Bertz CT molecular complexity index is 570. The van der Waals surface area contributed by atoms with Crippen molar-refractivity contribution in [1.82, 2.24) is 20.2 Å². The number of aromatic nitrogens is 4. The number of hydrogen-bond donors (Lipinski definition) is 4. The predicted molar refractivity (Wildman–Crippen MR) is 91.7 cm³/mol.